The molecule has 2 saturated heterocycles. The predicted octanol–water partition coefficient (Wildman–Crippen LogP) is 2.94. The van der Waals surface area contributed by atoms with Gasteiger partial charge in [-0.25, -0.2) is 4.98 Å². The Morgan fingerprint density at radius 2 is 2.07 bits per heavy atom. The van der Waals surface area contributed by atoms with Gasteiger partial charge in [0.15, 0.2) is 0 Å². The first-order valence-electron chi connectivity index (χ1n) is 9.81. The van der Waals surface area contributed by atoms with Gasteiger partial charge in [-0.05, 0) is 51.2 Å². The van der Waals surface area contributed by atoms with E-state index in [9.17, 15) is 0 Å². The van der Waals surface area contributed by atoms with Crippen LogP contribution in [0.2, 0.25) is 0 Å². The summed E-state index contributed by atoms with van der Waals surface area (Å²) >= 11 is 0. The van der Waals surface area contributed by atoms with Crippen LogP contribution in [0.1, 0.15) is 36.3 Å². The molecule has 6 nitrogen and oxygen atoms in total. The van der Waals surface area contributed by atoms with Crippen LogP contribution in [0.25, 0.3) is 0 Å². The van der Waals surface area contributed by atoms with Gasteiger partial charge in [-0.3, -0.25) is 14.9 Å². The van der Waals surface area contributed by atoms with Gasteiger partial charge in [-0.2, -0.15) is 0 Å². The summed E-state index contributed by atoms with van der Waals surface area (Å²) in [5.74, 6) is 1.27. The van der Waals surface area contributed by atoms with E-state index in [1.54, 1.807) is 12.4 Å². The zero-order chi connectivity index (χ0) is 18.7. The number of aromatic nitrogens is 3. The Labute approximate surface area is 161 Å². The molecule has 2 aliphatic heterocycles. The summed E-state index contributed by atoms with van der Waals surface area (Å²) in [6.45, 7) is 8.43. The van der Waals surface area contributed by atoms with E-state index in [1.165, 1.54) is 0 Å². The smallest absolute Gasteiger partial charge is 0.232 e. The molecule has 0 amide bonds. The molecule has 0 N–H and O–H groups in total. The number of likely N-dealkylation sites (tertiary alicyclic amines) is 1. The van der Waals surface area contributed by atoms with Crippen LogP contribution in [0.15, 0.2) is 30.6 Å². The average Bonchev–Trinajstić information content (AvgIpc) is 2.61. The second-order valence-electron chi connectivity index (χ2n) is 7.94. The van der Waals surface area contributed by atoms with Crippen LogP contribution >= 0.6 is 0 Å². The lowest BCUT2D eigenvalue weighted by Crippen LogP contribution is -2.64. The average molecular weight is 368 g/mol. The molecular weight excluding hydrogens is 340 g/mol. The van der Waals surface area contributed by atoms with Gasteiger partial charge in [0.2, 0.25) is 5.88 Å². The summed E-state index contributed by atoms with van der Waals surface area (Å²) in [6, 6.07) is 6.23. The molecule has 2 aromatic heterocycles. The topological polar surface area (TPSA) is 60.4 Å². The summed E-state index contributed by atoms with van der Waals surface area (Å²) in [7, 11) is 0. The number of aryl methyl sites for hydroxylation is 2. The minimum atomic E-state index is 0.0376. The van der Waals surface area contributed by atoms with Crippen molar-refractivity contribution in [3.8, 4) is 5.88 Å². The molecule has 2 fully saturated rings. The molecule has 0 bridgehead atoms. The minimum Gasteiger partial charge on any atom is -0.477 e. The Morgan fingerprint density at radius 3 is 2.89 bits per heavy atom. The number of nitrogens with zero attached hydrogens (tertiary/aromatic N) is 4. The van der Waals surface area contributed by atoms with E-state index in [4.69, 9.17) is 9.47 Å². The van der Waals surface area contributed by atoms with Gasteiger partial charge >= 0.3 is 0 Å². The zero-order valence-corrected chi connectivity index (χ0v) is 16.2. The first-order chi connectivity index (χ1) is 13.1. The maximum atomic E-state index is 6.18. The van der Waals surface area contributed by atoms with E-state index < -0.39 is 0 Å². The number of pyridine rings is 1. The van der Waals surface area contributed by atoms with Crippen molar-refractivity contribution in [3.05, 3.63) is 47.7 Å². The van der Waals surface area contributed by atoms with Gasteiger partial charge in [0.1, 0.15) is 0 Å². The predicted molar refractivity (Wildman–Crippen MR) is 103 cm³/mol. The molecule has 4 rings (SSSR count). The lowest BCUT2D eigenvalue weighted by Gasteiger charge is -2.53. The highest BCUT2D eigenvalue weighted by molar-refractivity contribution is 5.12. The number of ether oxygens (including phenoxy) is 2. The second kappa shape index (κ2) is 7.90. The molecule has 2 aliphatic rings. The van der Waals surface area contributed by atoms with Gasteiger partial charge in [-0.1, -0.05) is 6.07 Å². The van der Waals surface area contributed by atoms with Gasteiger partial charge in [0.25, 0.3) is 0 Å². The van der Waals surface area contributed by atoms with E-state index >= 15 is 0 Å². The Kier molecular flexibility index (Phi) is 5.36. The van der Waals surface area contributed by atoms with Crippen molar-refractivity contribution >= 4 is 0 Å². The van der Waals surface area contributed by atoms with E-state index in [0.717, 1.165) is 62.6 Å². The summed E-state index contributed by atoms with van der Waals surface area (Å²) in [6.07, 6.45) is 6.70. The molecule has 2 aromatic rings. The van der Waals surface area contributed by atoms with Crippen LogP contribution in [0, 0.1) is 19.8 Å². The highest BCUT2D eigenvalue weighted by Gasteiger charge is 2.47. The molecule has 4 heterocycles. The molecule has 0 radical (unpaired) electrons. The highest BCUT2D eigenvalue weighted by atomic mass is 16.5. The summed E-state index contributed by atoms with van der Waals surface area (Å²) in [4.78, 5) is 15.5. The van der Waals surface area contributed by atoms with Crippen LogP contribution in [-0.2, 0) is 11.3 Å². The molecule has 0 aliphatic carbocycles. The van der Waals surface area contributed by atoms with E-state index in [1.807, 2.05) is 19.9 Å². The Bertz CT molecular complexity index is 776. The van der Waals surface area contributed by atoms with Crippen LogP contribution in [0.4, 0.5) is 0 Å². The first-order valence-corrected chi connectivity index (χ1v) is 9.81. The normalized spacial score (nSPS) is 21.8. The van der Waals surface area contributed by atoms with E-state index in [0.29, 0.717) is 18.4 Å². The van der Waals surface area contributed by atoms with Gasteiger partial charge < -0.3 is 9.47 Å². The fourth-order valence-corrected chi connectivity index (χ4v) is 4.23. The SMILES string of the molecule is Cc1cccc(CN2CC3(CC(CCOc4cncc(C)n4)CCO3)C2)n1. The molecule has 6 heteroatoms. The summed E-state index contributed by atoms with van der Waals surface area (Å²) in [5, 5.41) is 0. The van der Waals surface area contributed by atoms with Crippen molar-refractivity contribution in [3.63, 3.8) is 0 Å². The fraction of sp³-hybridized carbons (Fsp3) is 0.571. The van der Waals surface area contributed by atoms with Crippen LogP contribution in [0.3, 0.4) is 0 Å². The van der Waals surface area contributed by atoms with Gasteiger partial charge in [-0.15, -0.1) is 0 Å². The van der Waals surface area contributed by atoms with Gasteiger partial charge in [0.05, 0.1) is 29.8 Å². The fourth-order valence-electron chi connectivity index (χ4n) is 4.23. The van der Waals surface area contributed by atoms with Crippen molar-refractivity contribution in [2.75, 3.05) is 26.3 Å². The summed E-state index contributed by atoms with van der Waals surface area (Å²) < 4.78 is 12.0. The minimum absolute atomic E-state index is 0.0376. The molecule has 27 heavy (non-hydrogen) atoms. The lowest BCUT2D eigenvalue weighted by atomic mass is 9.79. The molecular formula is C21H28N4O2. The maximum absolute atomic E-state index is 6.18. The van der Waals surface area contributed by atoms with E-state index in [2.05, 4.69) is 32.0 Å². The largest absolute Gasteiger partial charge is 0.477 e. The Balaban J connectivity index is 1.23. The van der Waals surface area contributed by atoms with Crippen LogP contribution in [0.5, 0.6) is 5.88 Å². The zero-order valence-electron chi connectivity index (χ0n) is 16.2. The maximum Gasteiger partial charge on any atom is 0.232 e. The van der Waals surface area contributed by atoms with Crippen molar-refractivity contribution in [2.24, 2.45) is 5.92 Å². The molecule has 1 atom stereocenters. The highest BCUT2D eigenvalue weighted by Crippen LogP contribution is 2.38. The van der Waals surface area contributed by atoms with Crippen LogP contribution < -0.4 is 4.74 Å². The van der Waals surface area contributed by atoms with Crippen molar-refractivity contribution in [2.45, 2.75) is 45.3 Å². The lowest BCUT2D eigenvalue weighted by molar-refractivity contribution is -0.182. The number of hydrogen-bond donors (Lipinski definition) is 0. The van der Waals surface area contributed by atoms with Crippen LogP contribution in [-0.4, -0.2) is 51.8 Å². The first kappa shape index (κ1) is 18.3. The molecule has 0 aromatic carbocycles. The molecule has 144 valence electrons. The molecule has 1 spiro atoms. The third-order valence-corrected chi connectivity index (χ3v) is 5.46. The van der Waals surface area contributed by atoms with E-state index in [-0.39, 0.29) is 5.60 Å². The monoisotopic (exact) mass is 368 g/mol. The van der Waals surface area contributed by atoms with Crippen molar-refractivity contribution < 1.29 is 9.47 Å². The standard InChI is InChI=1S/C21H28N4O2/c1-16-4-3-5-19(23-16)13-25-14-21(15-25)10-18(7-9-27-21)6-8-26-20-12-22-11-17(2)24-20/h3-5,11-12,18H,6-10,13-15H2,1-2H3. The Hall–Kier alpha value is -2.05. The third kappa shape index (κ3) is 4.62. The van der Waals surface area contributed by atoms with Crippen molar-refractivity contribution in [1.82, 2.24) is 19.9 Å². The third-order valence-electron chi connectivity index (χ3n) is 5.46. The number of rotatable bonds is 6. The number of hydrogen-bond acceptors (Lipinski definition) is 6. The Morgan fingerprint density at radius 1 is 1.19 bits per heavy atom. The summed E-state index contributed by atoms with van der Waals surface area (Å²) in [5.41, 5.74) is 3.14. The van der Waals surface area contributed by atoms with Gasteiger partial charge in [0, 0.05) is 38.1 Å². The quantitative estimate of drug-likeness (QED) is 0.781. The molecule has 1 unspecified atom stereocenters. The van der Waals surface area contributed by atoms with Crippen molar-refractivity contribution in [1.29, 1.82) is 0 Å². The second-order valence-corrected chi connectivity index (χ2v) is 7.94. The molecule has 0 saturated carbocycles.